The number of amides is 1. The molecular weight excluding hydrogens is 348 g/mol. The molecule has 1 saturated carbocycles. The lowest BCUT2D eigenvalue weighted by atomic mass is 9.80. The number of anilines is 1. The van der Waals surface area contributed by atoms with Crippen molar-refractivity contribution in [3.63, 3.8) is 0 Å². The van der Waals surface area contributed by atoms with Crippen molar-refractivity contribution in [2.75, 3.05) is 24.6 Å². The second kappa shape index (κ2) is 7.88. The summed E-state index contributed by atoms with van der Waals surface area (Å²) >= 11 is 1.61. The summed E-state index contributed by atoms with van der Waals surface area (Å²) in [6, 6.07) is 1.93. The maximum Gasteiger partial charge on any atom is 0.242 e. The van der Waals surface area contributed by atoms with Crippen LogP contribution in [0.4, 0.5) is 5.82 Å². The van der Waals surface area contributed by atoms with Crippen LogP contribution in [0, 0.1) is 5.92 Å². The van der Waals surface area contributed by atoms with E-state index in [4.69, 9.17) is 4.74 Å². The third-order valence-corrected chi connectivity index (χ3v) is 6.34. The molecule has 1 aliphatic carbocycles. The SMILES string of the molecule is CCOC1CC(CCNC(=O)C2CCCN2c2ncnc3sccc23)C1. The summed E-state index contributed by atoms with van der Waals surface area (Å²) in [5, 5.41) is 6.23. The lowest BCUT2D eigenvalue weighted by molar-refractivity contribution is -0.122. The molecule has 26 heavy (non-hydrogen) atoms. The zero-order valence-electron chi connectivity index (χ0n) is 15.2. The first-order valence-electron chi connectivity index (χ1n) is 9.60. The zero-order valence-corrected chi connectivity index (χ0v) is 16.0. The molecule has 1 atom stereocenters. The Morgan fingerprint density at radius 2 is 2.31 bits per heavy atom. The number of fused-ring (bicyclic) bond motifs is 1. The zero-order chi connectivity index (χ0) is 17.9. The highest BCUT2D eigenvalue weighted by atomic mass is 32.1. The molecule has 1 amide bonds. The molecule has 2 fully saturated rings. The first-order valence-corrected chi connectivity index (χ1v) is 10.5. The fourth-order valence-electron chi connectivity index (χ4n) is 4.10. The predicted molar refractivity (Wildman–Crippen MR) is 104 cm³/mol. The second-order valence-corrected chi connectivity index (χ2v) is 8.08. The second-order valence-electron chi connectivity index (χ2n) is 7.18. The molecule has 4 rings (SSSR count). The number of ether oxygens (including phenoxy) is 1. The van der Waals surface area contributed by atoms with Crippen molar-refractivity contribution in [2.45, 2.75) is 51.2 Å². The van der Waals surface area contributed by atoms with Crippen LogP contribution in [0.1, 0.15) is 39.0 Å². The Hall–Kier alpha value is -1.73. The Labute approximate surface area is 158 Å². The smallest absolute Gasteiger partial charge is 0.242 e. The number of hydrogen-bond donors (Lipinski definition) is 1. The Balaban J connectivity index is 1.32. The molecule has 2 aromatic heterocycles. The first kappa shape index (κ1) is 17.7. The van der Waals surface area contributed by atoms with Crippen LogP contribution in [0.15, 0.2) is 17.8 Å². The number of aromatic nitrogens is 2. The Morgan fingerprint density at radius 3 is 3.15 bits per heavy atom. The van der Waals surface area contributed by atoms with E-state index in [1.165, 1.54) is 0 Å². The van der Waals surface area contributed by atoms with Gasteiger partial charge < -0.3 is 15.0 Å². The third-order valence-electron chi connectivity index (χ3n) is 5.51. The van der Waals surface area contributed by atoms with Gasteiger partial charge in [-0.1, -0.05) is 0 Å². The maximum absolute atomic E-state index is 12.7. The molecule has 3 heterocycles. The third kappa shape index (κ3) is 3.55. The number of carbonyl (C=O) groups excluding carboxylic acids is 1. The Bertz CT molecular complexity index is 759. The van der Waals surface area contributed by atoms with E-state index in [2.05, 4.69) is 20.2 Å². The van der Waals surface area contributed by atoms with E-state index >= 15 is 0 Å². The van der Waals surface area contributed by atoms with Gasteiger partial charge in [0.2, 0.25) is 5.91 Å². The van der Waals surface area contributed by atoms with Crippen LogP contribution in [0.2, 0.25) is 0 Å². The quantitative estimate of drug-likeness (QED) is 0.807. The Kier molecular flexibility index (Phi) is 5.36. The molecule has 7 heteroatoms. The Morgan fingerprint density at radius 1 is 1.42 bits per heavy atom. The van der Waals surface area contributed by atoms with Crippen molar-refractivity contribution in [1.82, 2.24) is 15.3 Å². The lowest BCUT2D eigenvalue weighted by Gasteiger charge is -2.35. The molecule has 140 valence electrons. The highest BCUT2D eigenvalue weighted by molar-refractivity contribution is 7.16. The van der Waals surface area contributed by atoms with Gasteiger partial charge in [-0.15, -0.1) is 11.3 Å². The summed E-state index contributed by atoms with van der Waals surface area (Å²) in [6.07, 6.45) is 7.27. The molecule has 2 aromatic rings. The molecule has 1 N–H and O–H groups in total. The van der Waals surface area contributed by atoms with Gasteiger partial charge in [0, 0.05) is 19.7 Å². The van der Waals surface area contributed by atoms with E-state index < -0.39 is 0 Å². The van der Waals surface area contributed by atoms with Gasteiger partial charge in [-0.3, -0.25) is 4.79 Å². The number of hydrogen-bond acceptors (Lipinski definition) is 6. The summed E-state index contributed by atoms with van der Waals surface area (Å²) in [5.74, 6) is 1.72. The lowest BCUT2D eigenvalue weighted by Crippen LogP contribution is -2.44. The number of nitrogens with zero attached hydrogens (tertiary/aromatic N) is 3. The average Bonchev–Trinajstić information content (AvgIpc) is 3.28. The number of carbonyl (C=O) groups is 1. The minimum absolute atomic E-state index is 0.120. The van der Waals surface area contributed by atoms with Crippen molar-refractivity contribution in [3.8, 4) is 0 Å². The summed E-state index contributed by atoms with van der Waals surface area (Å²) in [5.41, 5.74) is 0. The van der Waals surface area contributed by atoms with Gasteiger partial charge in [-0.25, -0.2) is 9.97 Å². The van der Waals surface area contributed by atoms with Crippen LogP contribution in [0.5, 0.6) is 0 Å². The van der Waals surface area contributed by atoms with Crippen LogP contribution < -0.4 is 10.2 Å². The monoisotopic (exact) mass is 374 g/mol. The molecule has 0 aromatic carbocycles. The molecule has 1 unspecified atom stereocenters. The molecule has 6 nitrogen and oxygen atoms in total. The molecule has 0 radical (unpaired) electrons. The van der Waals surface area contributed by atoms with Gasteiger partial charge in [-0.05, 0) is 56.4 Å². The van der Waals surface area contributed by atoms with E-state index in [0.717, 1.165) is 67.8 Å². The van der Waals surface area contributed by atoms with Crippen molar-refractivity contribution in [2.24, 2.45) is 5.92 Å². The average molecular weight is 375 g/mol. The predicted octanol–water partition coefficient (Wildman–Crippen LogP) is 2.98. The van der Waals surface area contributed by atoms with E-state index in [1.807, 2.05) is 18.4 Å². The summed E-state index contributed by atoms with van der Waals surface area (Å²) < 4.78 is 5.60. The maximum atomic E-state index is 12.7. The van der Waals surface area contributed by atoms with Gasteiger partial charge in [0.25, 0.3) is 0 Å². The molecule has 2 aliphatic rings. The summed E-state index contributed by atoms with van der Waals surface area (Å²) in [6.45, 7) is 4.47. The first-order chi connectivity index (χ1) is 12.8. The van der Waals surface area contributed by atoms with E-state index in [1.54, 1.807) is 17.7 Å². The molecule has 1 saturated heterocycles. The summed E-state index contributed by atoms with van der Waals surface area (Å²) in [7, 11) is 0. The highest BCUT2D eigenvalue weighted by Gasteiger charge is 2.33. The number of nitrogens with one attached hydrogen (secondary N) is 1. The topological polar surface area (TPSA) is 67.3 Å². The van der Waals surface area contributed by atoms with Gasteiger partial charge >= 0.3 is 0 Å². The van der Waals surface area contributed by atoms with Crippen LogP contribution in [-0.4, -0.2) is 47.7 Å². The fourth-order valence-corrected chi connectivity index (χ4v) is 4.83. The van der Waals surface area contributed by atoms with Gasteiger partial charge in [0.05, 0.1) is 11.5 Å². The molecule has 0 spiro atoms. The minimum Gasteiger partial charge on any atom is -0.378 e. The van der Waals surface area contributed by atoms with Gasteiger partial charge in [0.1, 0.15) is 23.0 Å². The standard InChI is InChI=1S/C19H26N4O2S/c1-2-25-14-10-13(11-14)5-7-20-18(24)16-4-3-8-23(16)17-15-6-9-26-19(15)22-12-21-17/h6,9,12-14,16H,2-5,7-8,10-11H2,1H3,(H,20,24). The molecule has 0 bridgehead atoms. The van der Waals surface area contributed by atoms with Crippen molar-refractivity contribution in [1.29, 1.82) is 0 Å². The van der Waals surface area contributed by atoms with E-state index in [-0.39, 0.29) is 11.9 Å². The minimum atomic E-state index is -0.120. The van der Waals surface area contributed by atoms with Crippen LogP contribution in [0.3, 0.4) is 0 Å². The normalized spacial score (nSPS) is 25.4. The summed E-state index contributed by atoms with van der Waals surface area (Å²) in [4.78, 5) is 24.7. The molecular formula is C19H26N4O2S. The molecule has 1 aliphatic heterocycles. The van der Waals surface area contributed by atoms with Gasteiger partial charge in [-0.2, -0.15) is 0 Å². The van der Waals surface area contributed by atoms with Crippen LogP contribution >= 0.6 is 11.3 Å². The van der Waals surface area contributed by atoms with Crippen molar-refractivity contribution < 1.29 is 9.53 Å². The number of thiophene rings is 1. The highest BCUT2D eigenvalue weighted by Crippen LogP contribution is 2.33. The van der Waals surface area contributed by atoms with E-state index in [0.29, 0.717) is 12.0 Å². The van der Waals surface area contributed by atoms with Crippen molar-refractivity contribution >= 4 is 33.3 Å². The van der Waals surface area contributed by atoms with E-state index in [9.17, 15) is 4.79 Å². The van der Waals surface area contributed by atoms with Crippen molar-refractivity contribution in [3.05, 3.63) is 17.8 Å². The van der Waals surface area contributed by atoms with Crippen LogP contribution in [-0.2, 0) is 9.53 Å². The van der Waals surface area contributed by atoms with Gasteiger partial charge in [0.15, 0.2) is 0 Å². The number of rotatable bonds is 7. The largest absolute Gasteiger partial charge is 0.378 e. The van der Waals surface area contributed by atoms with Crippen LogP contribution in [0.25, 0.3) is 10.2 Å². The fraction of sp³-hybridized carbons (Fsp3) is 0.632.